The lowest BCUT2D eigenvalue weighted by molar-refractivity contribution is -0.117. The molecule has 25 heavy (non-hydrogen) atoms. The van der Waals surface area contributed by atoms with Gasteiger partial charge in [-0.1, -0.05) is 11.8 Å². The van der Waals surface area contributed by atoms with Crippen molar-refractivity contribution in [3.63, 3.8) is 0 Å². The Kier molecular flexibility index (Phi) is 6.03. The molecule has 0 aliphatic carbocycles. The number of fused-ring (bicyclic) bond motifs is 1. The van der Waals surface area contributed by atoms with Gasteiger partial charge in [0.25, 0.3) is 5.22 Å². The minimum Gasteiger partial charge on any atom is -0.450 e. The number of carbonyl (C=O) groups excluding carboxylic acids is 2. The van der Waals surface area contributed by atoms with Crippen LogP contribution in [0, 0.1) is 0 Å². The molecule has 0 fully saturated rings. The highest BCUT2D eigenvalue weighted by Gasteiger charge is 2.19. The second-order valence-corrected chi connectivity index (χ2v) is 8.03. The first-order valence-corrected chi connectivity index (χ1v) is 9.59. The van der Waals surface area contributed by atoms with Crippen LogP contribution in [0.3, 0.4) is 0 Å². The topological polar surface area (TPSA) is 119 Å². The Labute approximate surface area is 148 Å². The van der Waals surface area contributed by atoms with Crippen molar-refractivity contribution in [2.24, 2.45) is 0 Å². The lowest BCUT2D eigenvalue weighted by Crippen LogP contribution is -2.32. The van der Waals surface area contributed by atoms with Gasteiger partial charge in [-0.2, -0.15) is 0 Å². The van der Waals surface area contributed by atoms with E-state index >= 15 is 0 Å². The van der Waals surface area contributed by atoms with Crippen molar-refractivity contribution in [3.8, 4) is 0 Å². The molecule has 0 aliphatic rings. The van der Waals surface area contributed by atoms with Crippen molar-refractivity contribution in [2.75, 3.05) is 26.5 Å². The number of nitrogens with zero attached hydrogens (tertiary/aromatic N) is 2. The van der Waals surface area contributed by atoms with E-state index in [1.807, 2.05) is 0 Å². The smallest absolute Gasteiger partial charge is 0.413 e. The number of aromatic nitrogens is 1. The molecule has 0 saturated heterocycles. The average Bonchev–Trinajstić information content (AvgIpc) is 2.94. The maximum Gasteiger partial charge on any atom is 0.413 e. The number of hydrogen-bond acceptors (Lipinski definition) is 8. The van der Waals surface area contributed by atoms with Crippen molar-refractivity contribution in [1.82, 2.24) is 14.6 Å². The summed E-state index contributed by atoms with van der Waals surface area (Å²) >= 11 is 0.977. The van der Waals surface area contributed by atoms with Gasteiger partial charge in [0, 0.05) is 14.1 Å². The number of benzene rings is 1. The molecule has 2 aromatic rings. The quantitative estimate of drug-likeness (QED) is 0.740. The van der Waals surface area contributed by atoms with Gasteiger partial charge in [-0.25, -0.2) is 22.5 Å². The Balaban J connectivity index is 2.09. The maximum atomic E-state index is 12.1. The van der Waals surface area contributed by atoms with Gasteiger partial charge >= 0.3 is 6.09 Å². The highest BCUT2D eigenvalue weighted by atomic mass is 32.2. The molecular weight excluding hydrogens is 370 g/mol. The molecule has 136 valence electrons. The van der Waals surface area contributed by atoms with Crippen molar-refractivity contribution in [3.05, 3.63) is 18.2 Å². The predicted molar refractivity (Wildman–Crippen MR) is 90.8 cm³/mol. The zero-order chi connectivity index (χ0) is 18.6. The molecule has 2 amide bonds. The monoisotopic (exact) mass is 387 g/mol. The highest BCUT2D eigenvalue weighted by Crippen LogP contribution is 2.26. The van der Waals surface area contributed by atoms with Gasteiger partial charge in [0.05, 0.1) is 17.3 Å². The molecule has 0 unspecified atom stereocenters. The fourth-order valence-electron chi connectivity index (χ4n) is 1.76. The zero-order valence-corrected chi connectivity index (χ0v) is 15.4. The van der Waals surface area contributed by atoms with Crippen LogP contribution >= 0.6 is 11.8 Å². The van der Waals surface area contributed by atoms with E-state index < -0.39 is 22.0 Å². The molecular formula is C14H17N3O6S2. The molecule has 2 rings (SSSR count). The van der Waals surface area contributed by atoms with Gasteiger partial charge in [0.1, 0.15) is 5.52 Å². The number of hydrogen-bond donors (Lipinski definition) is 1. The zero-order valence-electron chi connectivity index (χ0n) is 13.8. The number of thioether (sulfide) groups is 1. The second-order valence-electron chi connectivity index (χ2n) is 4.95. The van der Waals surface area contributed by atoms with Crippen LogP contribution in [0.15, 0.2) is 32.7 Å². The number of oxazole rings is 1. The molecule has 11 heteroatoms. The Morgan fingerprint density at radius 2 is 2.08 bits per heavy atom. The Morgan fingerprint density at radius 3 is 2.72 bits per heavy atom. The number of imide groups is 1. The van der Waals surface area contributed by atoms with E-state index in [4.69, 9.17) is 4.42 Å². The first-order chi connectivity index (χ1) is 11.7. The normalized spacial score (nSPS) is 11.7. The van der Waals surface area contributed by atoms with Crippen LogP contribution in [0.4, 0.5) is 4.79 Å². The maximum absolute atomic E-state index is 12.1. The van der Waals surface area contributed by atoms with E-state index in [0.29, 0.717) is 11.1 Å². The molecule has 0 aliphatic heterocycles. The van der Waals surface area contributed by atoms with Crippen LogP contribution in [-0.2, 0) is 19.6 Å². The van der Waals surface area contributed by atoms with Gasteiger partial charge < -0.3 is 9.15 Å². The molecule has 0 radical (unpaired) electrons. The van der Waals surface area contributed by atoms with E-state index in [2.05, 4.69) is 15.0 Å². The molecule has 0 spiro atoms. The predicted octanol–water partition coefficient (Wildman–Crippen LogP) is 1.44. The minimum absolute atomic E-state index is 0.0925. The van der Waals surface area contributed by atoms with E-state index in [1.165, 1.54) is 32.3 Å². The Hall–Kier alpha value is -2.11. The van der Waals surface area contributed by atoms with Crippen LogP contribution in [0.2, 0.25) is 0 Å². The molecule has 0 saturated carbocycles. The SMILES string of the molecule is CCOC(=O)NC(=O)CSc1nc2cc(S(=O)(=O)N(C)C)ccc2o1. The third-order valence-corrected chi connectivity index (χ3v) is 5.60. The largest absolute Gasteiger partial charge is 0.450 e. The highest BCUT2D eigenvalue weighted by molar-refractivity contribution is 7.99. The van der Waals surface area contributed by atoms with Gasteiger partial charge in [-0.3, -0.25) is 10.1 Å². The van der Waals surface area contributed by atoms with Gasteiger partial charge in [0.2, 0.25) is 15.9 Å². The lowest BCUT2D eigenvalue weighted by atomic mass is 10.3. The summed E-state index contributed by atoms with van der Waals surface area (Å²) in [5, 5.41) is 2.24. The minimum atomic E-state index is -3.57. The number of amides is 2. The summed E-state index contributed by atoms with van der Waals surface area (Å²) in [5.74, 6) is -0.657. The summed E-state index contributed by atoms with van der Waals surface area (Å²) < 4.78 is 35.4. The summed E-state index contributed by atoms with van der Waals surface area (Å²) in [5.41, 5.74) is 0.752. The molecule has 1 aromatic carbocycles. The fraction of sp³-hybridized carbons (Fsp3) is 0.357. The van der Waals surface area contributed by atoms with Crippen molar-refractivity contribution in [1.29, 1.82) is 0 Å². The number of alkyl carbamates (subject to hydrolysis) is 1. The van der Waals surface area contributed by atoms with E-state index in [1.54, 1.807) is 6.92 Å². The number of sulfonamides is 1. The number of nitrogens with one attached hydrogen (secondary N) is 1. The van der Waals surface area contributed by atoms with E-state index in [-0.39, 0.29) is 22.5 Å². The Morgan fingerprint density at radius 1 is 1.36 bits per heavy atom. The van der Waals surface area contributed by atoms with Crippen molar-refractivity contribution >= 4 is 44.9 Å². The van der Waals surface area contributed by atoms with E-state index in [0.717, 1.165) is 16.1 Å². The fourth-order valence-corrected chi connectivity index (χ4v) is 3.32. The molecule has 0 bridgehead atoms. The van der Waals surface area contributed by atoms with Crippen LogP contribution in [-0.4, -0.2) is 56.2 Å². The second kappa shape index (κ2) is 7.85. The van der Waals surface area contributed by atoms with Gasteiger partial charge in [-0.05, 0) is 25.1 Å². The summed E-state index contributed by atoms with van der Waals surface area (Å²) in [6.07, 6.45) is -0.816. The molecule has 0 atom stereocenters. The van der Waals surface area contributed by atoms with Crippen LogP contribution in [0.25, 0.3) is 11.1 Å². The third-order valence-electron chi connectivity index (χ3n) is 2.96. The summed E-state index contributed by atoms with van der Waals surface area (Å²) in [6.45, 7) is 1.79. The van der Waals surface area contributed by atoms with Crippen LogP contribution < -0.4 is 5.32 Å². The van der Waals surface area contributed by atoms with Gasteiger partial charge in [-0.15, -0.1) is 0 Å². The molecule has 1 N–H and O–H groups in total. The summed E-state index contributed by atoms with van der Waals surface area (Å²) in [7, 11) is -0.702. The standard InChI is InChI=1S/C14H17N3O6S2/c1-4-22-13(19)16-12(18)8-24-14-15-10-7-9(5-6-11(10)23-14)25(20,21)17(2)3/h5-7H,4,8H2,1-3H3,(H,16,18,19). The summed E-state index contributed by atoms with van der Waals surface area (Å²) in [4.78, 5) is 27.0. The third kappa shape index (κ3) is 4.71. The lowest BCUT2D eigenvalue weighted by Gasteiger charge is -2.10. The first-order valence-electron chi connectivity index (χ1n) is 7.16. The van der Waals surface area contributed by atoms with Crippen LogP contribution in [0.5, 0.6) is 0 Å². The van der Waals surface area contributed by atoms with Crippen molar-refractivity contribution < 1.29 is 27.2 Å². The molecule has 1 heterocycles. The van der Waals surface area contributed by atoms with Gasteiger partial charge in [0.15, 0.2) is 5.58 Å². The molecule has 1 aromatic heterocycles. The van der Waals surface area contributed by atoms with Crippen molar-refractivity contribution in [2.45, 2.75) is 17.0 Å². The van der Waals surface area contributed by atoms with E-state index in [9.17, 15) is 18.0 Å². The number of ether oxygens (including phenoxy) is 1. The number of carbonyl (C=O) groups is 2. The first kappa shape index (κ1) is 19.2. The van der Waals surface area contributed by atoms with Crippen LogP contribution in [0.1, 0.15) is 6.92 Å². The molecule has 9 nitrogen and oxygen atoms in total. The number of rotatable bonds is 6. The average molecular weight is 387 g/mol. The summed E-state index contributed by atoms with van der Waals surface area (Å²) in [6, 6.07) is 4.32. The Bertz CT molecular complexity index is 891.